The number of rotatable bonds is 5. The van der Waals surface area contributed by atoms with Gasteiger partial charge in [0.2, 0.25) is 5.91 Å². The van der Waals surface area contributed by atoms with Crippen molar-refractivity contribution >= 4 is 5.91 Å². The van der Waals surface area contributed by atoms with E-state index < -0.39 is 12.7 Å². The molecule has 2 atom stereocenters. The summed E-state index contributed by atoms with van der Waals surface area (Å²) in [5, 5.41) is 4.95. The van der Waals surface area contributed by atoms with Crippen molar-refractivity contribution in [1.82, 2.24) is 10.6 Å². The first-order chi connectivity index (χ1) is 8.42. The fourth-order valence-electron chi connectivity index (χ4n) is 2.46. The lowest BCUT2D eigenvalue weighted by molar-refractivity contribution is -0.129. The second kappa shape index (κ2) is 6.97. The summed E-state index contributed by atoms with van der Waals surface area (Å²) in [5.74, 6) is 0.120. The first kappa shape index (κ1) is 15.3. The molecule has 0 aromatic carbocycles. The molecule has 1 aliphatic carbocycles. The van der Waals surface area contributed by atoms with Crippen LogP contribution in [0.1, 0.15) is 39.0 Å². The van der Waals surface area contributed by atoms with Crippen molar-refractivity contribution < 1.29 is 18.0 Å². The Morgan fingerprint density at radius 1 is 1.28 bits per heavy atom. The van der Waals surface area contributed by atoms with E-state index in [2.05, 4.69) is 17.6 Å². The number of hydrogen-bond acceptors (Lipinski definition) is 2. The second-order valence-electron chi connectivity index (χ2n) is 4.85. The molecule has 1 rings (SSSR count). The smallest absolute Gasteiger partial charge is 0.352 e. The van der Waals surface area contributed by atoms with E-state index >= 15 is 0 Å². The van der Waals surface area contributed by atoms with Gasteiger partial charge in [-0.1, -0.05) is 26.2 Å². The summed E-state index contributed by atoms with van der Waals surface area (Å²) in [6.45, 7) is 0.686. The van der Waals surface area contributed by atoms with E-state index in [9.17, 15) is 18.0 Å². The molecule has 6 heteroatoms. The Hall–Kier alpha value is -0.780. The predicted octanol–water partition coefficient (Wildman–Crippen LogP) is 2.22. The van der Waals surface area contributed by atoms with E-state index in [0.29, 0.717) is 5.92 Å². The molecule has 1 saturated carbocycles. The third kappa shape index (κ3) is 5.71. The van der Waals surface area contributed by atoms with Gasteiger partial charge in [0, 0.05) is 6.04 Å². The van der Waals surface area contributed by atoms with Gasteiger partial charge in [0.25, 0.3) is 0 Å². The summed E-state index contributed by atoms with van der Waals surface area (Å²) in [7, 11) is 0. The fourth-order valence-corrected chi connectivity index (χ4v) is 2.46. The van der Waals surface area contributed by atoms with Gasteiger partial charge in [0.1, 0.15) is 0 Å². The minimum absolute atomic E-state index is 0.129. The van der Waals surface area contributed by atoms with Crippen molar-refractivity contribution in [3.8, 4) is 0 Å². The monoisotopic (exact) mass is 266 g/mol. The third-order valence-electron chi connectivity index (χ3n) is 3.39. The van der Waals surface area contributed by atoms with Gasteiger partial charge >= 0.3 is 6.18 Å². The number of carbonyl (C=O) groups excluding carboxylic acids is 1. The van der Waals surface area contributed by atoms with Gasteiger partial charge < -0.3 is 10.6 Å². The van der Waals surface area contributed by atoms with Gasteiger partial charge in [-0.25, -0.2) is 0 Å². The summed E-state index contributed by atoms with van der Waals surface area (Å²) < 4.78 is 35.7. The second-order valence-corrected chi connectivity index (χ2v) is 4.85. The van der Waals surface area contributed by atoms with Crippen molar-refractivity contribution in [3.05, 3.63) is 0 Å². The standard InChI is InChI=1S/C12H21F3N2O/c1-2-9-5-3-4-6-10(9)17-11(18)7-16-8-12(13,14)15/h9-10,16H,2-8H2,1H3,(H,17,18). The SMILES string of the molecule is CCC1CCCCC1NC(=O)CNCC(F)(F)F. The molecule has 1 aliphatic rings. The molecule has 18 heavy (non-hydrogen) atoms. The minimum atomic E-state index is -4.27. The highest BCUT2D eigenvalue weighted by atomic mass is 19.4. The number of amides is 1. The quantitative estimate of drug-likeness (QED) is 0.801. The summed E-state index contributed by atoms with van der Waals surface area (Å²) in [5.41, 5.74) is 0. The maximum Gasteiger partial charge on any atom is 0.401 e. The van der Waals surface area contributed by atoms with Gasteiger partial charge in [-0.3, -0.25) is 4.79 Å². The fraction of sp³-hybridized carbons (Fsp3) is 0.917. The Morgan fingerprint density at radius 2 is 1.94 bits per heavy atom. The molecule has 0 aliphatic heterocycles. The Morgan fingerprint density at radius 3 is 2.56 bits per heavy atom. The molecule has 1 amide bonds. The zero-order valence-corrected chi connectivity index (χ0v) is 10.6. The van der Waals surface area contributed by atoms with Crippen LogP contribution in [0.25, 0.3) is 0 Å². The largest absolute Gasteiger partial charge is 0.401 e. The lowest BCUT2D eigenvalue weighted by Crippen LogP contribution is -2.46. The normalized spacial score (nSPS) is 24.9. The van der Waals surface area contributed by atoms with Crippen LogP contribution in [0.4, 0.5) is 13.2 Å². The van der Waals surface area contributed by atoms with Gasteiger partial charge in [0.15, 0.2) is 0 Å². The van der Waals surface area contributed by atoms with E-state index in [-0.39, 0.29) is 18.5 Å². The van der Waals surface area contributed by atoms with E-state index in [0.717, 1.165) is 25.7 Å². The molecule has 0 heterocycles. The summed E-state index contributed by atoms with van der Waals surface area (Å²) in [6, 6.07) is 0.129. The molecule has 2 unspecified atom stereocenters. The first-order valence-electron chi connectivity index (χ1n) is 6.49. The molecule has 1 fully saturated rings. The topological polar surface area (TPSA) is 41.1 Å². The Balaban J connectivity index is 2.26. The number of nitrogens with one attached hydrogen (secondary N) is 2. The van der Waals surface area contributed by atoms with Crippen LogP contribution in [-0.4, -0.2) is 31.2 Å². The summed E-state index contributed by atoms with van der Waals surface area (Å²) >= 11 is 0. The molecule has 3 nitrogen and oxygen atoms in total. The zero-order valence-electron chi connectivity index (χ0n) is 10.6. The Kier molecular flexibility index (Phi) is 5.91. The molecule has 0 aromatic rings. The molecule has 2 N–H and O–H groups in total. The maximum absolute atomic E-state index is 11.9. The maximum atomic E-state index is 11.9. The van der Waals surface area contributed by atoms with Crippen LogP contribution >= 0.6 is 0 Å². The number of halogens is 3. The predicted molar refractivity (Wildman–Crippen MR) is 63.1 cm³/mol. The molecule has 0 bridgehead atoms. The van der Waals surface area contributed by atoms with Crippen LogP contribution < -0.4 is 10.6 Å². The van der Waals surface area contributed by atoms with Crippen molar-refractivity contribution in [3.63, 3.8) is 0 Å². The van der Waals surface area contributed by atoms with Crippen LogP contribution in [0, 0.1) is 5.92 Å². The molecule has 106 valence electrons. The average Bonchev–Trinajstić information content (AvgIpc) is 2.28. The molecular weight excluding hydrogens is 245 g/mol. The molecule has 0 saturated heterocycles. The van der Waals surface area contributed by atoms with E-state index in [1.165, 1.54) is 6.42 Å². The number of alkyl halides is 3. The average molecular weight is 266 g/mol. The van der Waals surface area contributed by atoms with Crippen molar-refractivity contribution in [2.45, 2.75) is 51.2 Å². The number of carbonyl (C=O) groups is 1. The summed E-state index contributed by atoms with van der Waals surface area (Å²) in [4.78, 5) is 11.5. The van der Waals surface area contributed by atoms with Crippen LogP contribution in [0.3, 0.4) is 0 Å². The van der Waals surface area contributed by atoms with Crippen molar-refractivity contribution in [1.29, 1.82) is 0 Å². The highest BCUT2D eigenvalue weighted by Gasteiger charge is 2.28. The van der Waals surface area contributed by atoms with Crippen LogP contribution in [-0.2, 0) is 4.79 Å². The molecular formula is C12H21F3N2O. The van der Waals surface area contributed by atoms with Crippen molar-refractivity contribution in [2.24, 2.45) is 5.92 Å². The zero-order chi connectivity index (χ0) is 13.6. The van der Waals surface area contributed by atoms with E-state index in [1.54, 1.807) is 0 Å². The third-order valence-corrected chi connectivity index (χ3v) is 3.39. The van der Waals surface area contributed by atoms with Gasteiger partial charge in [-0.15, -0.1) is 0 Å². The Labute approximate surface area is 106 Å². The van der Waals surface area contributed by atoms with Crippen LogP contribution in [0.2, 0.25) is 0 Å². The molecule has 0 aromatic heterocycles. The molecule has 0 radical (unpaired) electrons. The highest BCUT2D eigenvalue weighted by molar-refractivity contribution is 5.78. The van der Waals surface area contributed by atoms with Gasteiger partial charge in [-0.2, -0.15) is 13.2 Å². The van der Waals surface area contributed by atoms with Crippen molar-refractivity contribution in [2.75, 3.05) is 13.1 Å². The van der Waals surface area contributed by atoms with Crippen LogP contribution in [0.5, 0.6) is 0 Å². The Bertz CT molecular complexity index is 269. The van der Waals surface area contributed by atoms with Gasteiger partial charge in [-0.05, 0) is 18.8 Å². The summed E-state index contributed by atoms with van der Waals surface area (Å²) in [6.07, 6.45) is 1.02. The van der Waals surface area contributed by atoms with E-state index in [1.807, 2.05) is 0 Å². The highest BCUT2D eigenvalue weighted by Crippen LogP contribution is 2.26. The minimum Gasteiger partial charge on any atom is -0.352 e. The first-order valence-corrected chi connectivity index (χ1v) is 6.49. The van der Waals surface area contributed by atoms with Gasteiger partial charge in [0.05, 0.1) is 13.1 Å². The van der Waals surface area contributed by atoms with E-state index in [4.69, 9.17) is 0 Å². The lowest BCUT2D eigenvalue weighted by Gasteiger charge is -2.31. The number of hydrogen-bond donors (Lipinski definition) is 2. The lowest BCUT2D eigenvalue weighted by atomic mass is 9.83. The van der Waals surface area contributed by atoms with Crippen LogP contribution in [0.15, 0.2) is 0 Å². The molecule has 0 spiro atoms.